The minimum atomic E-state index is 0.372. The second-order valence-corrected chi connectivity index (χ2v) is 5.66. The summed E-state index contributed by atoms with van der Waals surface area (Å²) in [5, 5.41) is 3.68. The highest BCUT2D eigenvalue weighted by Gasteiger charge is 2.19. The van der Waals surface area contributed by atoms with Gasteiger partial charge in [0.15, 0.2) is 0 Å². The molecule has 2 atom stereocenters. The van der Waals surface area contributed by atoms with Gasteiger partial charge >= 0.3 is 0 Å². The molecule has 2 unspecified atom stereocenters. The molecule has 0 aliphatic heterocycles. The minimum absolute atomic E-state index is 0.372. The Morgan fingerprint density at radius 1 is 1.28 bits per heavy atom. The molecule has 0 heterocycles. The molecule has 18 heavy (non-hydrogen) atoms. The number of nitrogens with two attached hydrogens (primary N) is 1. The largest absolute Gasteiger partial charge is 0.382 e. The third kappa shape index (κ3) is 3.72. The Labute approximate surface area is 110 Å². The summed E-state index contributed by atoms with van der Waals surface area (Å²) in [5.74, 6) is 0. The highest BCUT2D eigenvalue weighted by molar-refractivity contribution is 5.51. The fourth-order valence-electron chi connectivity index (χ4n) is 2.72. The first-order chi connectivity index (χ1) is 8.65. The molecule has 3 nitrogen and oxygen atoms in total. The van der Waals surface area contributed by atoms with Gasteiger partial charge in [-0.2, -0.15) is 0 Å². The zero-order valence-corrected chi connectivity index (χ0v) is 11.5. The number of nitrogens with one attached hydrogen (secondary N) is 1. The van der Waals surface area contributed by atoms with Crippen LogP contribution in [0.1, 0.15) is 31.2 Å². The molecule has 0 spiro atoms. The predicted octanol–water partition coefficient (Wildman–Crippen LogP) is 2.43. The zero-order valence-electron chi connectivity index (χ0n) is 11.5. The molecule has 3 heteroatoms. The standard InChI is InChI=1S/C15H25N3/c1-18(2)11-12-6-3-4-9-15(12)17-14-8-5-7-13(16)10-14/h3-4,6,9,13-14,17H,5,7-8,10-11,16H2,1-2H3. The lowest BCUT2D eigenvalue weighted by Crippen LogP contribution is -2.35. The van der Waals surface area contributed by atoms with Gasteiger partial charge in [0.25, 0.3) is 0 Å². The van der Waals surface area contributed by atoms with Crippen molar-refractivity contribution in [3.63, 3.8) is 0 Å². The molecule has 0 bridgehead atoms. The number of hydrogen-bond acceptors (Lipinski definition) is 3. The fraction of sp³-hybridized carbons (Fsp3) is 0.600. The van der Waals surface area contributed by atoms with E-state index >= 15 is 0 Å². The Morgan fingerprint density at radius 2 is 2.06 bits per heavy atom. The van der Waals surface area contributed by atoms with Crippen LogP contribution in [0.4, 0.5) is 5.69 Å². The lowest BCUT2D eigenvalue weighted by molar-refractivity contribution is 0.398. The summed E-state index contributed by atoms with van der Waals surface area (Å²) >= 11 is 0. The summed E-state index contributed by atoms with van der Waals surface area (Å²) in [5.41, 5.74) is 8.68. The molecule has 0 aromatic heterocycles. The van der Waals surface area contributed by atoms with Gasteiger partial charge in [-0.25, -0.2) is 0 Å². The van der Waals surface area contributed by atoms with Crippen molar-refractivity contribution in [2.75, 3.05) is 19.4 Å². The van der Waals surface area contributed by atoms with Crippen LogP contribution in [0.2, 0.25) is 0 Å². The van der Waals surface area contributed by atoms with Crippen molar-refractivity contribution >= 4 is 5.69 Å². The summed E-state index contributed by atoms with van der Waals surface area (Å²) in [6.45, 7) is 0.974. The van der Waals surface area contributed by atoms with Crippen LogP contribution in [-0.4, -0.2) is 31.1 Å². The highest BCUT2D eigenvalue weighted by Crippen LogP contribution is 2.23. The molecule has 1 saturated carbocycles. The molecule has 1 aromatic carbocycles. The molecule has 3 N–H and O–H groups in total. The van der Waals surface area contributed by atoms with E-state index in [9.17, 15) is 0 Å². The predicted molar refractivity (Wildman–Crippen MR) is 77.7 cm³/mol. The average molecular weight is 247 g/mol. The molecular formula is C15H25N3. The maximum absolute atomic E-state index is 6.05. The van der Waals surface area contributed by atoms with E-state index in [-0.39, 0.29) is 0 Å². The molecule has 0 radical (unpaired) electrons. The van der Waals surface area contributed by atoms with Crippen LogP contribution in [0.5, 0.6) is 0 Å². The molecule has 1 aliphatic rings. The zero-order chi connectivity index (χ0) is 13.0. The number of hydrogen-bond donors (Lipinski definition) is 2. The molecule has 1 aliphatic carbocycles. The monoisotopic (exact) mass is 247 g/mol. The van der Waals surface area contributed by atoms with Gasteiger partial charge in [-0.3, -0.25) is 0 Å². The molecule has 1 fully saturated rings. The molecule has 0 saturated heterocycles. The quantitative estimate of drug-likeness (QED) is 0.858. The molecule has 100 valence electrons. The third-order valence-electron chi connectivity index (χ3n) is 3.58. The van der Waals surface area contributed by atoms with Crippen molar-refractivity contribution in [1.29, 1.82) is 0 Å². The lowest BCUT2D eigenvalue weighted by Gasteiger charge is -2.29. The topological polar surface area (TPSA) is 41.3 Å². The Kier molecular flexibility index (Phi) is 4.61. The van der Waals surface area contributed by atoms with Crippen molar-refractivity contribution in [2.45, 2.75) is 44.3 Å². The Bertz CT molecular complexity index is 376. The third-order valence-corrected chi connectivity index (χ3v) is 3.58. The van der Waals surface area contributed by atoms with Crippen LogP contribution in [0, 0.1) is 0 Å². The first-order valence-electron chi connectivity index (χ1n) is 6.90. The first-order valence-corrected chi connectivity index (χ1v) is 6.90. The summed E-state index contributed by atoms with van der Waals surface area (Å²) < 4.78 is 0. The van der Waals surface area contributed by atoms with E-state index in [0.29, 0.717) is 12.1 Å². The summed E-state index contributed by atoms with van der Waals surface area (Å²) in [7, 11) is 4.21. The van der Waals surface area contributed by atoms with E-state index in [1.165, 1.54) is 30.5 Å². The van der Waals surface area contributed by atoms with Gasteiger partial charge < -0.3 is 16.0 Å². The van der Waals surface area contributed by atoms with E-state index in [0.717, 1.165) is 13.0 Å². The van der Waals surface area contributed by atoms with Crippen LogP contribution in [0.15, 0.2) is 24.3 Å². The van der Waals surface area contributed by atoms with Gasteiger partial charge in [0.2, 0.25) is 0 Å². The Hall–Kier alpha value is -1.06. The smallest absolute Gasteiger partial charge is 0.0388 e. The number of nitrogens with zero attached hydrogens (tertiary/aromatic N) is 1. The van der Waals surface area contributed by atoms with Crippen LogP contribution < -0.4 is 11.1 Å². The van der Waals surface area contributed by atoms with E-state index < -0.39 is 0 Å². The van der Waals surface area contributed by atoms with Crippen molar-refractivity contribution < 1.29 is 0 Å². The van der Waals surface area contributed by atoms with Gasteiger partial charge in [0.1, 0.15) is 0 Å². The van der Waals surface area contributed by atoms with Crippen molar-refractivity contribution in [1.82, 2.24) is 4.90 Å². The molecule has 1 aromatic rings. The second kappa shape index (κ2) is 6.21. The van der Waals surface area contributed by atoms with E-state index in [2.05, 4.69) is 48.6 Å². The van der Waals surface area contributed by atoms with Crippen LogP contribution in [0.3, 0.4) is 0 Å². The average Bonchev–Trinajstić information content (AvgIpc) is 2.31. The Balaban J connectivity index is 2.03. The molecule has 2 rings (SSSR count). The van der Waals surface area contributed by atoms with Crippen LogP contribution >= 0.6 is 0 Å². The van der Waals surface area contributed by atoms with E-state index in [1.54, 1.807) is 0 Å². The molecular weight excluding hydrogens is 222 g/mol. The van der Waals surface area contributed by atoms with Gasteiger partial charge in [-0.1, -0.05) is 18.2 Å². The van der Waals surface area contributed by atoms with Gasteiger partial charge in [-0.15, -0.1) is 0 Å². The maximum atomic E-state index is 6.05. The lowest BCUT2D eigenvalue weighted by atomic mass is 9.91. The second-order valence-electron chi connectivity index (χ2n) is 5.66. The van der Waals surface area contributed by atoms with Crippen molar-refractivity contribution in [3.05, 3.63) is 29.8 Å². The highest BCUT2D eigenvalue weighted by atomic mass is 15.1. The van der Waals surface area contributed by atoms with Crippen molar-refractivity contribution in [2.24, 2.45) is 5.73 Å². The number of rotatable bonds is 4. The minimum Gasteiger partial charge on any atom is -0.382 e. The van der Waals surface area contributed by atoms with Gasteiger partial charge in [-0.05, 0) is 51.4 Å². The van der Waals surface area contributed by atoms with Crippen LogP contribution in [-0.2, 0) is 6.54 Å². The normalized spacial score (nSPS) is 24.2. The molecule has 0 amide bonds. The SMILES string of the molecule is CN(C)Cc1ccccc1NC1CCCC(N)C1. The van der Waals surface area contributed by atoms with E-state index in [1.807, 2.05) is 0 Å². The summed E-state index contributed by atoms with van der Waals surface area (Å²) in [6, 6.07) is 9.50. The maximum Gasteiger partial charge on any atom is 0.0388 e. The van der Waals surface area contributed by atoms with E-state index in [4.69, 9.17) is 5.73 Å². The summed E-state index contributed by atoms with van der Waals surface area (Å²) in [6.07, 6.45) is 4.76. The fourth-order valence-corrected chi connectivity index (χ4v) is 2.72. The number of anilines is 1. The number of benzene rings is 1. The Morgan fingerprint density at radius 3 is 2.78 bits per heavy atom. The first kappa shape index (κ1) is 13.4. The van der Waals surface area contributed by atoms with Gasteiger partial charge in [0, 0.05) is 24.3 Å². The summed E-state index contributed by atoms with van der Waals surface area (Å²) in [4.78, 5) is 2.20. The van der Waals surface area contributed by atoms with Crippen LogP contribution in [0.25, 0.3) is 0 Å². The van der Waals surface area contributed by atoms with Gasteiger partial charge in [0.05, 0.1) is 0 Å². The number of para-hydroxylation sites is 1. The van der Waals surface area contributed by atoms with Crippen molar-refractivity contribution in [3.8, 4) is 0 Å².